The van der Waals surface area contributed by atoms with Crippen LogP contribution in [0, 0.1) is 0 Å². The molecule has 15 heavy (non-hydrogen) atoms. The van der Waals surface area contributed by atoms with E-state index in [1.165, 1.54) is 11.1 Å². The molecule has 0 aromatic heterocycles. The smallest absolute Gasteiger partial charge is 0.0208 e. The zero-order chi connectivity index (χ0) is 11.1. The van der Waals surface area contributed by atoms with Gasteiger partial charge in [0.1, 0.15) is 0 Å². The van der Waals surface area contributed by atoms with Crippen LogP contribution in [0.2, 0.25) is 0 Å². The summed E-state index contributed by atoms with van der Waals surface area (Å²) in [5.41, 5.74) is 2.88. The molecule has 2 nitrogen and oxygen atoms in total. The van der Waals surface area contributed by atoms with Crippen LogP contribution in [-0.4, -0.2) is 32.1 Å². The fraction of sp³-hybridized carbons (Fsp3) is 0.538. The van der Waals surface area contributed by atoms with Gasteiger partial charge in [-0.3, -0.25) is 0 Å². The molecule has 0 aliphatic rings. The number of hydrogen-bond acceptors (Lipinski definition) is 2. The summed E-state index contributed by atoms with van der Waals surface area (Å²) in [6, 6.07) is 8.65. The number of nitrogens with zero attached hydrogens (tertiary/aromatic N) is 1. The van der Waals surface area contributed by atoms with Gasteiger partial charge in [0.2, 0.25) is 0 Å². The van der Waals surface area contributed by atoms with Gasteiger partial charge in [0.05, 0.1) is 0 Å². The monoisotopic (exact) mass is 206 g/mol. The van der Waals surface area contributed by atoms with Gasteiger partial charge in [0.15, 0.2) is 0 Å². The van der Waals surface area contributed by atoms with Crippen LogP contribution in [-0.2, 0) is 13.0 Å². The largest absolute Gasteiger partial charge is 0.311 e. The van der Waals surface area contributed by atoms with Crippen LogP contribution in [0.4, 0.5) is 0 Å². The van der Waals surface area contributed by atoms with Crippen LogP contribution in [0.3, 0.4) is 0 Å². The van der Waals surface area contributed by atoms with Gasteiger partial charge in [-0.25, -0.2) is 0 Å². The van der Waals surface area contributed by atoms with E-state index in [0.29, 0.717) is 0 Å². The number of benzene rings is 1. The zero-order valence-corrected chi connectivity index (χ0v) is 10.1. The van der Waals surface area contributed by atoms with Crippen LogP contribution >= 0.6 is 0 Å². The van der Waals surface area contributed by atoms with Crippen LogP contribution in [0.15, 0.2) is 24.3 Å². The molecule has 0 atom stereocenters. The van der Waals surface area contributed by atoms with E-state index in [0.717, 1.165) is 26.1 Å². The van der Waals surface area contributed by atoms with Crippen LogP contribution < -0.4 is 5.32 Å². The molecule has 0 amide bonds. The van der Waals surface area contributed by atoms with E-state index in [-0.39, 0.29) is 0 Å². The second kappa shape index (κ2) is 6.59. The molecule has 0 aliphatic heterocycles. The number of likely N-dealkylation sites (N-methyl/N-ethyl adjacent to an activating group) is 1. The Labute approximate surface area is 93.3 Å². The summed E-state index contributed by atoms with van der Waals surface area (Å²) in [5, 5.41) is 3.47. The molecule has 1 rings (SSSR count). The van der Waals surface area contributed by atoms with Crippen molar-refractivity contribution in [2.75, 3.05) is 27.2 Å². The van der Waals surface area contributed by atoms with Gasteiger partial charge in [0, 0.05) is 19.6 Å². The average molecular weight is 206 g/mol. The van der Waals surface area contributed by atoms with Gasteiger partial charge in [-0.2, -0.15) is 0 Å². The maximum absolute atomic E-state index is 3.47. The molecule has 0 bridgehead atoms. The molecule has 0 aliphatic carbocycles. The predicted molar refractivity (Wildman–Crippen MR) is 66.1 cm³/mol. The Morgan fingerprint density at radius 3 is 2.40 bits per heavy atom. The predicted octanol–water partition coefficient (Wildman–Crippen LogP) is 1.90. The van der Waals surface area contributed by atoms with Crippen molar-refractivity contribution in [2.24, 2.45) is 0 Å². The van der Waals surface area contributed by atoms with E-state index in [2.05, 4.69) is 55.5 Å². The third-order valence-corrected chi connectivity index (χ3v) is 2.55. The summed E-state index contributed by atoms with van der Waals surface area (Å²) in [5.74, 6) is 0. The molecule has 0 radical (unpaired) electrons. The molecule has 1 aromatic carbocycles. The quantitative estimate of drug-likeness (QED) is 0.715. The van der Waals surface area contributed by atoms with E-state index in [9.17, 15) is 0 Å². The molecule has 84 valence electrons. The van der Waals surface area contributed by atoms with Gasteiger partial charge in [0.25, 0.3) is 0 Å². The Balaban J connectivity index is 2.36. The maximum atomic E-state index is 3.47. The minimum absolute atomic E-state index is 0.984. The van der Waals surface area contributed by atoms with Crippen LogP contribution in [0.1, 0.15) is 18.1 Å². The van der Waals surface area contributed by atoms with Crippen molar-refractivity contribution < 1.29 is 0 Å². The highest BCUT2D eigenvalue weighted by atomic mass is 15.1. The standard InChI is InChI=1S/C13H22N2/c1-4-12-7-5-6-8-13(12)11-14-9-10-15(2)3/h5-8,14H,4,9-11H2,1-3H3. The third kappa shape index (κ3) is 4.45. The van der Waals surface area contributed by atoms with E-state index in [1.807, 2.05) is 0 Å². The zero-order valence-electron chi connectivity index (χ0n) is 10.1. The lowest BCUT2D eigenvalue weighted by Gasteiger charge is -2.12. The highest BCUT2D eigenvalue weighted by Gasteiger charge is 1.98. The second-order valence-corrected chi connectivity index (χ2v) is 4.10. The second-order valence-electron chi connectivity index (χ2n) is 4.10. The first-order valence-electron chi connectivity index (χ1n) is 5.66. The molecule has 0 saturated heterocycles. The lowest BCUT2D eigenvalue weighted by Crippen LogP contribution is -2.26. The Kier molecular flexibility index (Phi) is 5.37. The molecule has 0 heterocycles. The van der Waals surface area contributed by atoms with Gasteiger partial charge in [-0.1, -0.05) is 31.2 Å². The molecule has 0 fully saturated rings. The van der Waals surface area contributed by atoms with E-state index < -0.39 is 0 Å². The number of aryl methyl sites for hydroxylation is 1. The molecule has 0 saturated carbocycles. The summed E-state index contributed by atoms with van der Waals surface area (Å²) in [6.45, 7) is 5.33. The summed E-state index contributed by atoms with van der Waals surface area (Å²) >= 11 is 0. The van der Waals surface area contributed by atoms with Gasteiger partial charge in [-0.05, 0) is 31.6 Å². The first kappa shape index (κ1) is 12.2. The Hall–Kier alpha value is -0.860. The van der Waals surface area contributed by atoms with Crippen LogP contribution in [0.5, 0.6) is 0 Å². The van der Waals surface area contributed by atoms with Gasteiger partial charge < -0.3 is 10.2 Å². The van der Waals surface area contributed by atoms with E-state index in [1.54, 1.807) is 0 Å². The van der Waals surface area contributed by atoms with Crippen molar-refractivity contribution in [1.82, 2.24) is 10.2 Å². The van der Waals surface area contributed by atoms with Crippen molar-refractivity contribution in [2.45, 2.75) is 19.9 Å². The molecule has 0 unspecified atom stereocenters. The summed E-state index contributed by atoms with van der Waals surface area (Å²) in [7, 11) is 4.20. The van der Waals surface area contributed by atoms with Gasteiger partial charge >= 0.3 is 0 Å². The minimum Gasteiger partial charge on any atom is -0.311 e. The Bertz CT molecular complexity index is 282. The van der Waals surface area contributed by atoms with Crippen LogP contribution in [0.25, 0.3) is 0 Å². The van der Waals surface area contributed by atoms with Crippen molar-refractivity contribution in [3.05, 3.63) is 35.4 Å². The summed E-state index contributed by atoms with van der Waals surface area (Å²) in [4.78, 5) is 2.19. The topological polar surface area (TPSA) is 15.3 Å². The highest BCUT2D eigenvalue weighted by molar-refractivity contribution is 5.26. The normalized spacial score (nSPS) is 10.9. The number of nitrogens with one attached hydrogen (secondary N) is 1. The fourth-order valence-electron chi connectivity index (χ4n) is 1.60. The molecular formula is C13H22N2. The minimum atomic E-state index is 0.984. The Morgan fingerprint density at radius 1 is 1.13 bits per heavy atom. The van der Waals surface area contributed by atoms with E-state index >= 15 is 0 Å². The van der Waals surface area contributed by atoms with E-state index in [4.69, 9.17) is 0 Å². The van der Waals surface area contributed by atoms with Crippen molar-refractivity contribution in [3.63, 3.8) is 0 Å². The summed E-state index contributed by atoms with van der Waals surface area (Å²) in [6.07, 6.45) is 1.12. The average Bonchev–Trinajstić information content (AvgIpc) is 2.24. The first-order chi connectivity index (χ1) is 7.24. The molecule has 0 spiro atoms. The fourth-order valence-corrected chi connectivity index (χ4v) is 1.60. The lowest BCUT2D eigenvalue weighted by molar-refractivity contribution is 0.400. The lowest BCUT2D eigenvalue weighted by atomic mass is 10.1. The number of rotatable bonds is 6. The molecule has 1 N–H and O–H groups in total. The van der Waals surface area contributed by atoms with Gasteiger partial charge in [-0.15, -0.1) is 0 Å². The highest BCUT2D eigenvalue weighted by Crippen LogP contribution is 2.08. The Morgan fingerprint density at radius 2 is 1.80 bits per heavy atom. The molecule has 2 heteroatoms. The molecule has 1 aromatic rings. The third-order valence-electron chi connectivity index (χ3n) is 2.55. The SMILES string of the molecule is CCc1ccccc1CNCCN(C)C. The van der Waals surface area contributed by atoms with Crippen molar-refractivity contribution >= 4 is 0 Å². The van der Waals surface area contributed by atoms with Crippen molar-refractivity contribution in [1.29, 1.82) is 0 Å². The molecular weight excluding hydrogens is 184 g/mol. The first-order valence-corrected chi connectivity index (χ1v) is 5.66. The maximum Gasteiger partial charge on any atom is 0.0208 e. The number of hydrogen-bond donors (Lipinski definition) is 1. The summed E-state index contributed by atoms with van der Waals surface area (Å²) < 4.78 is 0. The van der Waals surface area contributed by atoms with Crippen molar-refractivity contribution in [3.8, 4) is 0 Å².